The number of carbonyl (C=O) groups excluding carboxylic acids is 1. The average Bonchev–Trinajstić information content (AvgIpc) is 3.01. The zero-order valence-corrected chi connectivity index (χ0v) is 10.2. The highest BCUT2D eigenvalue weighted by Gasteiger charge is 2.36. The highest BCUT2D eigenvalue weighted by atomic mass is 16.5. The van der Waals surface area contributed by atoms with E-state index in [-0.39, 0.29) is 12.0 Å². The van der Waals surface area contributed by atoms with Crippen LogP contribution in [0.5, 0.6) is 0 Å². The van der Waals surface area contributed by atoms with Crippen LogP contribution in [0.4, 0.5) is 0 Å². The SMILES string of the molecule is CCCN(C1CC1)C(CC)C(=O)OCC. The number of ether oxygens (including phenoxy) is 1. The Morgan fingerprint density at radius 3 is 2.47 bits per heavy atom. The second-order valence-corrected chi connectivity index (χ2v) is 4.15. The number of hydrogen-bond acceptors (Lipinski definition) is 3. The van der Waals surface area contributed by atoms with Crippen LogP contribution in [0.15, 0.2) is 0 Å². The molecule has 3 heteroatoms. The Labute approximate surface area is 92.8 Å². The minimum Gasteiger partial charge on any atom is -0.465 e. The number of esters is 1. The van der Waals surface area contributed by atoms with Crippen molar-refractivity contribution < 1.29 is 9.53 Å². The third-order valence-electron chi connectivity index (χ3n) is 2.84. The Kier molecular flexibility index (Phi) is 5.09. The van der Waals surface area contributed by atoms with E-state index in [0.29, 0.717) is 12.6 Å². The molecule has 88 valence electrons. The minimum atomic E-state index is -0.0413. The van der Waals surface area contributed by atoms with E-state index in [0.717, 1.165) is 19.4 Å². The Morgan fingerprint density at radius 2 is 2.07 bits per heavy atom. The first-order chi connectivity index (χ1) is 7.24. The summed E-state index contributed by atoms with van der Waals surface area (Å²) in [7, 11) is 0. The van der Waals surface area contributed by atoms with Crippen LogP contribution >= 0.6 is 0 Å². The second-order valence-electron chi connectivity index (χ2n) is 4.15. The molecule has 1 aliphatic rings. The van der Waals surface area contributed by atoms with E-state index in [1.807, 2.05) is 6.92 Å². The van der Waals surface area contributed by atoms with Gasteiger partial charge in [-0.3, -0.25) is 9.69 Å². The van der Waals surface area contributed by atoms with Gasteiger partial charge >= 0.3 is 5.97 Å². The average molecular weight is 213 g/mol. The number of nitrogens with zero attached hydrogens (tertiary/aromatic N) is 1. The van der Waals surface area contributed by atoms with Gasteiger partial charge in [0.2, 0.25) is 0 Å². The van der Waals surface area contributed by atoms with Crippen molar-refractivity contribution in [3.8, 4) is 0 Å². The van der Waals surface area contributed by atoms with Gasteiger partial charge in [0.25, 0.3) is 0 Å². The lowest BCUT2D eigenvalue weighted by atomic mass is 10.1. The Balaban J connectivity index is 2.55. The van der Waals surface area contributed by atoms with Crippen molar-refractivity contribution in [2.24, 2.45) is 0 Å². The van der Waals surface area contributed by atoms with Crippen LogP contribution < -0.4 is 0 Å². The molecular weight excluding hydrogens is 190 g/mol. The fourth-order valence-electron chi connectivity index (χ4n) is 2.03. The van der Waals surface area contributed by atoms with Crippen molar-refractivity contribution >= 4 is 5.97 Å². The largest absolute Gasteiger partial charge is 0.465 e. The molecule has 0 aromatic carbocycles. The molecule has 0 aliphatic heterocycles. The molecule has 1 aliphatic carbocycles. The molecule has 0 heterocycles. The van der Waals surface area contributed by atoms with E-state index in [2.05, 4.69) is 18.7 Å². The molecule has 3 nitrogen and oxygen atoms in total. The van der Waals surface area contributed by atoms with E-state index < -0.39 is 0 Å². The molecule has 0 spiro atoms. The van der Waals surface area contributed by atoms with Gasteiger partial charge in [0, 0.05) is 6.04 Å². The number of hydrogen-bond donors (Lipinski definition) is 0. The summed E-state index contributed by atoms with van der Waals surface area (Å²) in [4.78, 5) is 14.1. The second kappa shape index (κ2) is 6.11. The summed E-state index contributed by atoms with van der Waals surface area (Å²) in [5.41, 5.74) is 0. The minimum absolute atomic E-state index is 0.0163. The summed E-state index contributed by atoms with van der Waals surface area (Å²) in [6.07, 6.45) is 4.45. The Hall–Kier alpha value is -0.570. The summed E-state index contributed by atoms with van der Waals surface area (Å²) in [6, 6.07) is 0.622. The third-order valence-corrected chi connectivity index (χ3v) is 2.84. The van der Waals surface area contributed by atoms with E-state index in [9.17, 15) is 4.79 Å². The molecule has 0 saturated heterocycles. The molecular formula is C12H23NO2. The lowest BCUT2D eigenvalue weighted by molar-refractivity contribution is -0.150. The van der Waals surface area contributed by atoms with Crippen LogP contribution in [0.3, 0.4) is 0 Å². The monoisotopic (exact) mass is 213 g/mol. The number of rotatable bonds is 7. The highest BCUT2D eigenvalue weighted by Crippen LogP contribution is 2.29. The quantitative estimate of drug-likeness (QED) is 0.607. The van der Waals surface area contributed by atoms with Crippen molar-refractivity contribution in [1.29, 1.82) is 0 Å². The summed E-state index contributed by atoms with van der Waals surface area (Å²) >= 11 is 0. The molecule has 0 amide bonds. The highest BCUT2D eigenvalue weighted by molar-refractivity contribution is 5.75. The lowest BCUT2D eigenvalue weighted by Crippen LogP contribution is -2.43. The van der Waals surface area contributed by atoms with Gasteiger partial charge in [0.1, 0.15) is 6.04 Å². The molecule has 0 aromatic rings. The van der Waals surface area contributed by atoms with Gasteiger partial charge in [0.05, 0.1) is 6.61 Å². The third kappa shape index (κ3) is 3.49. The molecule has 1 rings (SSSR count). The van der Waals surface area contributed by atoms with Crippen LogP contribution in [0, 0.1) is 0 Å². The zero-order valence-electron chi connectivity index (χ0n) is 10.2. The fraction of sp³-hybridized carbons (Fsp3) is 0.917. The van der Waals surface area contributed by atoms with Crippen molar-refractivity contribution in [1.82, 2.24) is 4.90 Å². The topological polar surface area (TPSA) is 29.5 Å². The molecule has 15 heavy (non-hydrogen) atoms. The maximum Gasteiger partial charge on any atom is 0.323 e. The van der Waals surface area contributed by atoms with Crippen LogP contribution in [-0.4, -0.2) is 36.1 Å². The maximum absolute atomic E-state index is 11.8. The van der Waals surface area contributed by atoms with E-state index >= 15 is 0 Å². The van der Waals surface area contributed by atoms with Crippen LogP contribution in [0.2, 0.25) is 0 Å². The normalized spacial score (nSPS) is 17.9. The molecule has 1 atom stereocenters. The maximum atomic E-state index is 11.8. The molecule has 1 fully saturated rings. The zero-order chi connectivity index (χ0) is 11.3. The summed E-state index contributed by atoms with van der Waals surface area (Å²) in [5, 5.41) is 0. The summed E-state index contributed by atoms with van der Waals surface area (Å²) in [5.74, 6) is -0.0413. The lowest BCUT2D eigenvalue weighted by Gasteiger charge is -2.28. The predicted molar refractivity (Wildman–Crippen MR) is 60.7 cm³/mol. The van der Waals surface area contributed by atoms with E-state index in [1.54, 1.807) is 0 Å². The summed E-state index contributed by atoms with van der Waals surface area (Å²) in [6.45, 7) is 7.59. The first-order valence-electron chi connectivity index (χ1n) is 6.16. The Bertz CT molecular complexity index is 202. The van der Waals surface area contributed by atoms with Crippen molar-refractivity contribution in [2.75, 3.05) is 13.2 Å². The fourth-order valence-corrected chi connectivity index (χ4v) is 2.03. The molecule has 0 aromatic heterocycles. The molecule has 0 radical (unpaired) electrons. The molecule has 0 N–H and O–H groups in total. The van der Waals surface area contributed by atoms with Gasteiger partial charge in [-0.2, -0.15) is 0 Å². The molecule has 1 unspecified atom stereocenters. The molecule has 0 bridgehead atoms. The van der Waals surface area contributed by atoms with Gasteiger partial charge in [-0.05, 0) is 39.2 Å². The van der Waals surface area contributed by atoms with Crippen molar-refractivity contribution in [2.45, 2.75) is 58.5 Å². The van der Waals surface area contributed by atoms with E-state index in [1.165, 1.54) is 12.8 Å². The predicted octanol–water partition coefficient (Wildman–Crippen LogP) is 2.20. The number of carbonyl (C=O) groups is 1. The smallest absolute Gasteiger partial charge is 0.323 e. The van der Waals surface area contributed by atoms with Gasteiger partial charge in [-0.15, -0.1) is 0 Å². The van der Waals surface area contributed by atoms with Crippen LogP contribution in [-0.2, 0) is 9.53 Å². The van der Waals surface area contributed by atoms with Gasteiger partial charge < -0.3 is 4.74 Å². The Morgan fingerprint density at radius 1 is 1.40 bits per heavy atom. The first-order valence-corrected chi connectivity index (χ1v) is 6.16. The molecule has 1 saturated carbocycles. The van der Waals surface area contributed by atoms with Crippen molar-refractivity contribution in [3.05, 3.63) is 0 Å². The van der Waals surface area contributed by atoms with Crippen molar-refractivity contribution in [3.63, 3.8) is 0 Å². The standard InChI is InChI=1S/C12H23NO2/c1-4-9-13(10-7-8-10)11(5-2)12(14)15-6-3/h10-11H,4-9H2,1-3H3. The van der Waals surface area contributed by atoms with Gasteiger partial charge in [-0.25, -0.2) is 0 Å². The first kappa shape index (κ1) is 12.5. The van der Waals surface area contributed by atoms with Gasteiger partial charge in [-0.1, -0.05) is 13.8 Å². The van der Waals surface area contributed by atoms with Crippen LogP contribution in [0.1, 0.15) is 46.5 Å². The van der Waals surface area contributed by atoms with Crippen LogP contribution in [0.25, 0.3) is 0 Å². The van der Waals surface area contributed by atoms with E-state index in [4.69, 9.17) is 4.74 Å². The van der Waals surface area contributed by atoms with Gasteiger partial charge in [0.15, 0.2) is 0 Å². The summed E-state index contributed by atoms with van der Waals surface area (Å²) < 4.78 is 5.12.